The molecule has 1 fully saturated rings. The third kappa shape index (κ3) is 6.43. The SMILES string of the molecule is CCOC(=O)N1CCN(C(=O)CN(Cc2ccc(F)cc2)S(=O)(=O)c2ccc(Cl)cc2)CC1. The van der Waals surface area contributed by atoms with Crippen LogP contribution in [0.4, 0.5) is 9.18 Å². The van der Waals surface area contributed by atoms with Crippen LogP contribution < -0.4 is 0 Å². The van der Waals surface area contributed by atoms with Crippen molar-refractivity contribution in [3.05, 3.63) is 64.9 Å². The molecule has 0 atom stereocenters. The lowest BCUT2D eigenvalue weighted by Gasteiger charge is -2.35. The highest BCUT2D eigenvalue weighted by Crippen LogP contribution is 2.21. The number of hydrogen-bond acceptors (Lipinski definition) is 5. The van der Waals surface area contributed by atoms with E-state index in [0.29, 0.717) is 23.7 Å². The van der Waals surface area contributed by atoms with E-state index in [4.69, 9.17) is 16.3 Å². The number of benzene rings is 2. The Morgan fingerprint density at radius 2 is 1.58 bits per heavy atom. The Kier molecular flexibility index (Phi) is 8.28. The summed E-state index contributed by atoms with van der Waals surface area (Å²) >= 11 is 5.88. The van der Waals surface area contributed by atoms with Crippen LogP contribution in [-0.4, -0.2) is 73.9 Å². The lowest BCUT2D eigenvalue weighted by atomic mass is 10.2. The highest BCUT2D eigenvalue weighted by molar-refractivity contribution is 7.89. The number of carbonyl (C=O) groups excluding carboxylic acids is 2. The van der Waals surface area contributed by atoms with Crippen molar-refractivity contribution in [1.29, 1.82) is 0 Å². The van der Waals surface area contributed by atoms with E-state index in [1.807, 2.05) is 0 Å². The molecule has 0 saturated carbocycles. The van der Waals surface area contributed by atoms with E-state index in [0.717, 1.165) is 4.31 Å². The second-order valence-corrected chi connectivity index (χ2v) is 9.79. The van der Waals surface area contributed by atoms with Gasteiger partial charge in [-0.15, -0.1) is 0 Å². The third-order valence-corrected chi connectivity index (χ3v) is 7.25. The Morgan fingerprint density at radius 3 is 2.15 bits per heavy atom. The van der Waals surface area contributed by atoms with E-state index >= 15 is 0 Å². The average molecular weight is 498 g/mol. The molecular formula is C22H25ClFN3O5S. The minimum atomic E-state index is -4.04. The van der Waals surface area contributed by atoms with Crippen molar-refractivity contribution in [2.45, 2.75) is 18.4 Å². The quantitative estimate of drug-likeness (QED) is 0.587. The monoisotopic (exact) mass is 497 g/mol. The predicted octanol–water partition coefficient (Wildman–Crippen LogP) is 2.97. The van der Waals surface area contributed by atoms with Gasteiger partial charge in [0.1, 0.15) is 5.82 Å². The van der Waals surface area contributed by atoms with Gasteiger partial charge in [0.2, 0.25) is 15.9 Å². The molecule has 1 aliphatic heterocycles. The van der Waals surface area contributed by atoms with Crippen LogP contribution in [0, 0.1) is 5.82 Å². The molecule has 0 spiro atoms. The van der Waals surface area contributed by atoms with E-state index in [2.05, 4.69) is 0 Å². The fourth-order valence-electron chi connectivity index (χ4n) is 3.38. The molecule has 8 nitrogen and oxygen atoms in total. The Bertz CT molecular complexity index is 1070. The number of nitrogens with zero attached hydrogens (tertiary/aromatic N) is 3. The Hall–Kier alpha value is -2.69. The summed E-state index contributed by atoms with van der Waals surface area (Å²) in [7, 11) is -4.04. The van der Waals surface area contributed by atoms with Crippen LogP contribution in [0.1, 0.15) is 12.5 Å². The number of carbonyl (C=O) groups is 2. The second-order valence-electron chi connectivity index (χ2n) is 7.42. The van der Waals surface area contributed by atoms with E-state index in [-0.39, 0.29) is 31.1 Å². The van der Waals surface area contributed by atoms with Gasteiger partial charge >= 0.3 is 6.09 Å². The minimum Gasteiger partial charge on any atom is -0.450 e. The van der Waals surface area contributed by atoms with Gasteiger partial charge in [0.05, 0.1) is 18.0 Å². The molecule has 0 aliphatic carbocycles. The zero-order valence-corrected chi connectivity index (χ0v) is 19.7. The maximum absolute atomic E-state index is 13.3. The van der Waals surface area contributed by atoms with E-state index < -0.39 is 34.4 Å². The Balaban J connectivity index is 1.76. The molecule has 11 heteroatoms. The molecule has 2 amide bonds. The minimum absolute atomic E-state index is 0.00561. The van der Waals surface area contributed by atoms with Gasteiger partial charge in [-0.05, 0) is 48.9 Å². The molecule has 1 aliphatic rings. The molecule has 2 aromatic carbocycles. The molecule has 0 N–H and O–H groups in total. The highest BCUT2D eigenvalue weighted by Gasteiger charge is 2.31. The zero-order valence-electron chi connectivity index (χ0n) is 18.1. The van der Waals surface area contributed by atoms with Gasteiger partial charge in [-0.3, -0.25) is 4.79 Å². The molecule has 1 heterocycles. The molecule has 1 saturated heterocycles. The Morgan fingerprint density at radius 1 is 1.00 bits per heavy atom. The number of rotatable bonds is 7. The van der Waals surface area contributed by atoms with Crippen LogP contribution in [-0.2, 0) is 26.1 Å². The van der Waals surface area contributed by atoms with Crippen LogP contribution in [0.25, 0.3) is 0 Å². The molecule has 0 bridgehead atoms. The number of hydrogen-bond donors (Lipinski definition) is 0. The number of halogens is 2. The molecule has 3 rings (SSSR count). The van der Waals surface area contributed by atoms with Gasteiger partial charge in [-0.25, -0.2) is 17.6 Å². The van der Waals surface area contributed by atoms with Crippen LogP contribution >= 0.6 is 11.6 Å². The van der Waals surface area contributed by atoms with Crippen LogP contribution in [0.2, 0.25) is 5.02 Å². The van der Waals surface area contributed by atoms with Crippen molar-refractivity contribution >= 4 is 33.6 Å². The normalized spacial score (nSPS) is 14.4. The number of sulfonamides is 1. The summed E-state index contributed by atoms with van der Waals surface area (Å²) in [4.78, 5) is 27.9. The van der Waals surface area contributed by atoms with Crippen molar-refractivity contribution in [3.8, 4) is 0 Å². The number of ether oxygens (including phenoxy) is 1. The maximum atomic E-state index is 13.3. The lowest BCUT2D eigenvalue weighted by Crippen LogP contribution is -2.53. The third-order valence-electron chi connectivity index (χ3n) is 5.19. The topological polar surface area (TPSA) is 87.2 Å². The molecule has 2 aromatic rings. The van der Waals surface area contributed by atoms with Crippen LogP contribution in [0.15, 0.2) is 53.4 Å². The first-order valence-corrected chi connectivity index (χ1v) is 12.2. The number of amides is 2. The smallest absolute Gasteiger partial charge is 0.409 e. The second kappa shape index (κ2) is 11.0. The molecule has 0 unspecified atom stereocenters. The van der Waals surface area contributed by atoms with E-state index in [9.17, 15) is 22.4 Å². The van der Waals surface area contributed by atoms with Gasteiger partial charge in [-0.2, -0.15) is 4.31 Å². The largest absolute Gasteiger partial charge is 0.450 e. The average Bonchev–Trinajstić information content (AvgIpc) is 2.80. The zero-order chi connectivity index (χ0) is 24.0. The summed E-state index contributed by atoms with van der Waals surface area (Å²) in [6, 6.07) is 11.1. The van der Waals surface area contributed by atoms with Crippen LogP contribution in [0.3, 0.4) is 0 Å². The lowest BCUT2D eigenvalue weighted by molar-refractivity contribution is -0.133. The van der Waals surface area contributed by atoms with Gasteiger partial charge in [0.15, 0.2) is 0 Å². The molecule has 0 radical (unpaired) electrons. The van der Waals surface area contributed by atoms with Gasteiger partial charge in [-0.1, -0.05) is 23.7 Å². The van der Waals surface area contributed by atoms with E-state index in [1.54, 1.807) is 6.92 Å². The fraction of sp³-hybridized carbons (Fsp3) is 0.364. The first kappa shape index (κ1) is 24.9. The predicted molar refractivity (Wildman–Crippen MR) is 121 cm³/mol. The van der Waals surface area contributed by atoms with Crippen molar-refractivity contribution < 1.29 is 27.1 Å². The summed E-state index contributed by atoms with van der Waals surface area (Å²) in [5, 5.41) is 0.384. The van der Waals surface area contributed by atoms with Crippen molar-refractivity contribution in [3.63, 3.8) is 0 Å². The van der Waals surface area contributed by atoms with Gasteiger partial charge in [0.25, 0.3) is 0 Å². The van der Waals surface area contributed by atoms with Crippen molar-refractivity contribution in [2.24, 2.45) is 0 Å². The molecule has 33 heavy (non-hydrogen) atoms. The molecule has 0 aromatic heterocycles. The number of piperazine rings is 1. The summed E-state index contributed by atoms with van der Waals surface area (Å²) in [5.74, 6) is -0.834. The van der Waals surface area contributed by atoms with Crippen LogP contribution in [0.5, 0.6) is 0 Å². The van der Waals surface area contributed by atoms with E-state index in [1.165, 1.54) is 58.3 Å². The summed E-state index contributed by atoms with van der Waals surface area (Å²) in [6.45, 7) is 2.60. The van der Waals surface area contributed by atoms with Crippen molar-refractivity contribution in [1.82, 2.24) is 14.1 Å². The molecule has 178 valence electrons. The summed E-state index contributed by atoms with van der Waals surface area (Å²) in [5.41, 5.74) is 0.536. The standard InChI is InChI=1S/C22H25ClFN3O5S/c1-2-32-22(29)26-13-11-25(12-14-26)21(28)16-27(15-17-3-7-19(24)8-4-17)33(30,31)20-9-5-18(23)6-10-20/h3-10H,2,11-16H2,1H3. The maximum Gasteiger partial charge on any atom is 0.409 e. The fourth-order valence-corrected chi connectivity index (χ4v) is 4.88. The Labute approximate surface area is 197 Å². The van der Waals surface area contributed by atoms with Gasteiger partial charge in [0, 0.05) is 37.7 Å². The highest BCUT2D eigenvalue weighted by atomic mass is 35.5. The summed E-state index contributed by atoms with van der Waals surface area (Å²) in [6.07, 6.45) is -0.437. The summed E-state index contributed by atoms with van der Waals surface area (Å²) < 4.78 is 46.0. The van der Waals surface area contributed by atoms with Crippen molar-refractivity contribution in [2.75, 3.05) is 39.3 Å². The van der Waals surface area contributed by atoms with Gasteiger partial charge < -0.3 is 14.5 Å². The first-order valence-electron chi connectivity index (χ1n) is 10.4. The molecular weight excluding hydrogens is 473 g/mol. The first-order chi connectivity index (χ1) is 15.7.